The number of benzene rings is 2. The van der Waals surface area contributed by atoms with Crippen molar-refractivity contribution in [1.82, 2.24) is 10.3 Å². The van der Waals surface area contributed by atoms with Crippen molar-refractivity contribution in [2.24, 2.45) is 0 Å². The lowest BCUT2D eigenvalue weighted by Crippen LogP contribution is -2.26. The van der Waals surface area contributed by atoms with Crippen LogP contribution < -0.4 is 5.32 Å². The number of fused-ring (bicyclic) bond motifs is 3. The van der Waals surface area contributed by atoms with Crippen LogP contribution in [-0.4, -0.2) is 24.2 Å². The van der Waals surface area contributed by atoms with Gasteiger partial charge in [-0.25, -0.2) is 9.78 Å². The molecule has 0 aliphatic heterocycles. The minimum absolute atomic E-state index is 0.0712. The average molecular weight is 405 g/mol. The molecule has 2 aromatic carbocycles. The van der Waals surface area contributed by atoms with E-state index in [-0.39, 0.29) is 5.92 Å². The van der Waals surface area contributed by atoms with Crippen molar-refractivity contribution < 1.29 is 9.53 Å². The highest BCUT2D eigenvalue weighted by Gasteiger charge is 2.28. The molecule has 1 N–H and O–H groups in total. The molecule has 29 heavy (non-hydrogen) atoms. The second-order valence-electron chi connectivity index (χ2n) is 6.83. The number of nitrogens with zero attached hydrogens (tertiary/aromatic N) is 1. The molecule has 1 amide bonds. The third-order valence-electron chi connectivity index (χ3n) is 4.95. The maximum absolute atomic E-state index is 12.1. The molecular weight excluding hydrogens is 384 g/mol. The maximum atomic E-state index is 12.1. The van der Waals surface area contributed by atoms with E-state index in [1.54, 1.807) is 6.07 Å². The fourth-order valence-corrected chi connectivity index (χ4v) is 3.80. The van der Waals surface area contributed by atoms with Crippen molar-refractivity contribution in [1.29, 1.82) is 0 Å². The molecule has 0 bridgehead atoms. The molecule has 1 aliphatic rings. The number of pyridine rings is 1. The summed E-state index contributed by atoms with van der Waals surface area (Å²) in [5.74, 6) is 0.0712. The summed E-state index contributed by atoms with van der Waals surface area (Å²) in [6, 6.07) is 22.0. The van der Waals surface area contributed by atoms with Crippen molar-refractivity contribution in [3.05, 3.63) is 94.8 Å². The van der Waals surface area contributed by atoms with Crippen LogP contribution in [0, 0.1) is 0 Å². The number of alkyl carbamates (subject to hydrolysis) is 1. The highest BCUT2D eigenvalue weighted by Crippen LogP contribution is 2.44. The summed E-state index contributed by atoms with van der Waals surface area (Å²) >= 11 is 5.86. The van der Waals surface area contributed by atoms with Crippen molar-refractivity contribution in [2.45, 2.75) is 12.3 Å². The number of nitrogens with one attached hydrogen (secondary N) is 1. The lowest BCUT2D eigenvalue weighted by molar-refractivity contribution is 0.143. The predicted octanol–water partition coefficient (Wildman–Crippen LogP) is 5.68. The van der Waals surface area contributed by atoms with Crippen molar-refractivity contribution in [3.8, 4) is 11.1 Å². The molecule has 5 heteroatoms. The standard InChI is InChI=1S/C24H21ClN2O2/c25-23-14-7-9-17(27-23)8-5-6-15-26-24(28)29-16-22-20-12-3-1-10-18(20)19-11-2-4-13-21(19)22/h1-5,7-14,22H,6,15-16H2,(H,26,28). The molecule has 3 aromatic rings. The van der Waals surface area contributed by atoms with Crippen LogP contribution in [0.2, 0.25) is 5.15 Å². The number of hydrogen-bond acceptors (Lipinski definition) is 3. The summed E-state index contributed by atoms with van der Waals surface area (Å²) in [7, 11) is 0. The number of aromatic nitrogens is 1. The second kappa shape index (κ2) is 8.93. The van der Waals surface area contributed by atoms with Crippen LogP contribution in [0.25, 0.3) is 17.2 Å². The Balaban J connectivity index is 1.28. The zero-order valence-electron chi connectivity index (χ0n) is 15.8. The molecule has 0 atom stereocenters. The van der Waals surface area contributed by atoms with E-state index in [0.29, 0.717) is 24.7 Å². The van der Waals surface area contributed by atoms with Gasteiger partial charge in [0, 0.05) is 12.5 Å². The number of carbonyl (C=O) groups is 1. The summed E-state index contributed by atoms with van der Waals surface area (Å²) in [4.78, 5) is 16.3. The first kappa shape index (κ1) is 19.2. The first-order valence-corrected chi connectivity index (χ1v) is 9.98. The Bertz CT molecular complexity index is 1000. The number of hydrogen-bond donors (Lipinski definition) is 1. The van der Waals surface area contributed by atoms with Crippen LogP contribution in [-0.2, 0) is 4.74 Å². The van der Waals surface area contributed by atoms with Crippen molar-refractivity contribution >= 4 is 23.8 Å². The van der Waals surface area contributed by atoms with Gasteiger partial charge in [-0.05, 0) is 46.9 Å². The van der Waals surface area contributed by atoms with Gasteiger partial charge in [-0.2, -0.15) is 0 Å². The summed E-state index contributed by atoms with van der Waals surface area (Å²) in [5.41, 5.74) is 5.64. The van der Waals surface area contributed by atoms with Gasteiger partial charge in [0.05, 0.1) is 5.69 Å². The summed E-state index contributed by atoms with van der Waals surface area (Å²) in [6.45, 7) is 0.815. The number of amides is 1. The number of ether oxygens (including phenoxy) is 1. The molecule has 0 radical (unpaired) electrons. The molecule has 0 fully saturated rings. The lowest BCUT2D eigenvalue weighted by atomic mass is 9.98. The molecule has 146 valence electrons. The molecule has 0 unspecified atom stereocenters. The van der Waals surface area contributed by atoms with Crippen LogP contribution in [0.15, 0.2) is 72.8 Å². The Morgan fingerprint density at radius 3 is 2.38 bits per heavy atom. The summed E-state index contributed by atoms with van der Waals surface area (Å²) in [5, 5.41) is 3.26. The monoisotopic (exact) mass is 404 g/mol. The minimum Gasteiger partial charge on any atom is -0.449 e. The third kappa shape index (κ3) is 4.49. The van der Waals surface area contributed by atoms with E-state index in [1.807, 2.05) is 48.6 Å². The largest absolute Gasteiger partial charge is 0.449 e. The second-order valence-corrected chi connectivity index (χ2v) is 7.22. The fraction of sp³-hybridized carbons (Fsp3) is 0.167. The first-order valence-electron chi connectivity index (χ1n) is 9.60. The van der Waals surface area contributed by atoms with Crippen LogP contribution >= 0.6 is 11.6 Å². The molecule has 0 spiro atoms. The van der Waals surface area contributed by atoms with E-state index in [0.717, 1.165) is 5.69 Å². The zero-order valence-corrected chi connectivity index (χ0v) is 16.6. The van der Waals surface area contributed by atoms with E-state index in [1.165, 1.54) is 22.3 Å². The van der Waals surface area contributed by atoms with Gasteiger partial charge >= 0.3 is 6.09 Å². The third-order valence-corrected chi connectivity index (χ3v) is 5.16. The van der Waals surface area contributed by atoms with Gasteiger partial charge in [0.1, 0.15) is 11.8 Å². The lowest BCUT2D eigenvalue weighted by Gasteiger charge is -2.14. The Morgan fingerprint density at radius 2 is 1.69 bits per heavy atom. The van der Waals surface area contributed by atoms with Gasteiger partial charge in [0.25, 0.3) is 0 Å². The number of carbonyl (C=O) groups excluding carboxylic acids is 1. The van der Waals surface area contributed by atoms with Gasteiger partial charge in [-0.1, -0.05) is 72.3 Å². The van der Waals surface area contributed by atoms with E-state index < -0.39 is 6.09 Å². The molecule has 4 rings (SSSR count). The van der Waals surface area contributed by atoms with E-state index >= 15 is 0 Å². The molecule has 0 saturated heterocycles. The Morgan fingerprint density at radius 1 is 1.00 bits per heavy atom. The molecule has 0 saturated carbocycles. The SMILES string of the molecule is O=C(NCCC=Cc1cccc(Cl)n1)OCC1c2ccccc2-c2ccccc21. The van der Waals surface area contributed by atoms with Gasteiger partial charge in [-0.15, -0.1) is 0 Å². The van der Waals surface area contributed by atoms with Gasteiger partial charge < -0.3 is 10.1 Å². The summed E-state index contributed by atoms with van der Waals surface area (Å²) in [6.07, 6.45) is 4.10. The minimum atomic E-state index is -0.402. The van der Waals surface area contributed by atoms with E-state index in [4.69, 9.17) is 16.3 Å². The average Bonchev–Trinajstić information content (AvgIpc) is 3.06. The quantitative estimate of drug-likeness (QED) is 0.425. The van der Waals surface area contributed by atoms with Crippen LogP contribution in [0.5, 0.6) is 0 Å². The fourth-order valence-electron chi connectivity index (χ4n) is 3.63. The van der Waals surface area contributed by atoms with Gasteiger partial charge in [0.15, 0.2) is 0 Å². The number of rotatable bonds is 6. The van der Waals surface area contributed by atoms with Crippen molar-refractivity contribution in [3.63, 3.8) is 0 Å². The predicted molar refractivity (Wildman–Crippen MR) is 116 cm³/mol. The smallest absolute Gasteiger partial charge is 0.407 e. The Labute approximate surface area is 175 Å². The first-order chi connectivity index (χ1) is 14.2. The van der Waals surface area contributed by atoms with Crippen molar-refractivity contribution in [2.75, 3.05) is 13.2 Å². The highest BCUT2D eigenvalue weighted by atomic mass is 35.5. The van der Waals surface area contributed by atoms with Gasteiger partial charge in [0.2, 0.25) is 0 Å². The Hall–Kier alpha value is -3.11. The maximum Gasteiger partial charge on any atom is 0.407 e. The van der Waals surface area contributed by atoms with E-state index in [9.17, 15) is 4.79 Å². The molecule has 1 heterocycles. The van der Waals surface area contributed by atoms with Crippen LogP contribution in [0.4, 0.5) is 4.79 Å². The Kier molecular flexibility index (Phi) is 5.92. The van der Waals surface area contributed by atoms with Crippen LogP contribution in [0.3, 0.4) is 0 Å². The molecule has 1 aromatic heterocycles. The topological polar surface area (TPSA) is 51.2 Å². The summed E-state index contributed by atoms with van der Waals surface area (Å²) < 4.78 is 5.52. The normalized spacial score (nSPS) is 12.6. The van der Waals surface area contributed by atoms with Gasteiger partial charge in [-0.3, -0.25) is 0 Å². The van der Waals surface area contributed by atoms with E-state index in [2.05, 4.69) is 34.6 Å². The van der Waals surface area contributed by atoms with Crippen LogP contribution in [0.1, 0.15) is 29.2 Å². The highest BCUT2D eigenvalue weighted by molar-refractivity contribution is 6.29. The number of halogens is 1. The molecular formula is C24H21ClN2O2. The molecule has 4 nitrogen and oxygen atoms in total. The zero-order chi connectivity index (χ0) is 20.1. The molecule has 1 aliphatic carbocycles.